The molecule has 0 aliphatic carbocycles. The van der Waals surface area contributed by atoms with Crippen molar-refractivity contribution in [2.45, 2.75) is 26.7 Å². The molecule has 2 rings (SSSR count). The first-order chi connectivity index (χ1) is 12.0. The molecule has 7 heteroatoms. The van der Waals surface area contributed by atoms with Crippen molar-refractivity contribution in [3.63, 3.8) is 0 Å². The molecule has 0 atom stereocenters. The number of nitrogens with one attached hydrogen (secondary N) is 2. The van der Waals surface area contributed by atoms with E-state index >= 15 is 0 Å². The van der Waals surface area contributed by atoms with E-state index < -0.39 is 0 Å². The van der Waals surface area contributed by atoms with Gasteiger partial charge in [-0.1, -0.05) is 13.8 Å². The van der Waals surface area contributed by atoms with E-state index in [1.807, 2.05) is 0 Å². The largest absolute Gasteiger partial charge is 0.482 e. The normalized spacial score (nSPS) is 13.0. The minimum atomic E-state index is -0.246. The number of hydrogen-bond donors (Lipinski definition) is 2. The second-order valence-electron chi connectivity index (χ2n) is 5.85. The van der Waals surface area contributed by atoms with Crippen LogP contribution in [0.1, 0.15) is 37.0 Å². The lowest BCUT2D eigenvalue weighted by atomic mass is 10.0. The molecule has 0 spiro atoms. The van der Waals surface area contributed by atoms with Gasteiger partial charge in [0.05, 0.1) is 5.69 Å². The smallest absolute Gasteiger partial charge is 0.262 e. The van der Waals surface area contributed by atoms with Crippen LogP contribution in [0.15, 0.2) is 18.2 Å². The number of nitrogens with zero attached hydrogens (tertiary/aromatic N) is 1. The van der Waals surface area contributed by atoms with Crippen LogP contribution in [0, 0.1) is 0 Å². The molecule has 1 aromatic carbocycles. The van der Waals surface area contributed by atoms with Crippen LogP contribution in [0.2, 0.25) is 0 Å². The Labute approximate surface area is 147 Å². The summed E-state index contributed by atoms with van der Waals surface area (Å²) in [4.78, 5) is 37.7. The van der Waals surface area contributed by atoms with E-state index in [1.165, 1.54) is 0 Å². The van der Waals surface area contributed by atoms with Crippen molar-refractivity contribution in [3.05, 3.63) is 23.8 Å². The van der Waals surface area contributed by atoms with E-state index in [9.17, 15) is 14.4 Å². The Balaban J connectivity index is 1.79. The Morgan fingerprint density at radius 2 is 2.00 bits per heavy atom. The van der Waals surface area contributed by atoms with Gasteiger partial charge < -0.3 is 20.3 Å². The van der Waals surface area contributed by atoms with Crippen LogP contribution in [0.5, 0.6) is 5.75 Å². The summed E-state index contributed by atoms with van der Waals surface area (Å²) in [6.45, 7) is 7.42. The Morgan fingerprint density at radius 1 is 1.24 bits per heavy atom. The van der Waals surface area contributed by atoms with Gasteiger partial charge in [-0.05, 0) is 31.3 Å². The van der Waals surface area contributed by atoms with Crippen molar-refractivity contribution in [2.24, 2.45) is 0 Å². The van der Waals surface area contributed by atoms with Crippen molar-refractivity contribution >= 4 is 23.3 Å². The quantitative estimate of drug-likeness (QED) is 0.660. The molecule has 1 aromatic rings. The van der Waals surface area contributed by atoms with Crippen LogP contribution in [-0.2, 0) is 9.59 Å². The number of amides is 2. The zero-order chi connectivity index (χ0) is 18.2. The second kappa shape index (κ2) is 9.17. The molecule has 1 aliphatic rings. The maximum absolute atomic E-state index is 12.2. The molecule has 25 heavy (non-hydrogen) atoms. The average Bonchev–Trinajstić information content (AvgIpc) is 2.62. The molecule has 0 aromatic heterocycles. The SMILES string of the molecule is CCN(CC)CCNC(=O)CCC(=O)c1ccc2c(c1)NC(=O)CO2. The molecule has 0 unspecified atom stereocenters. The Morgan fingerprint density at radius 3 is 2.72 bits per heavy atom. The third-order valence-corrected chi connectivity index (χ3v) is 4.16. The van der Waals surface area contributed by atoms with E-state index in [2.05, 4.69) is 29.4 Å². The fourth-order valence-corrected chi connectivity index (χ4v) is 2.61. The Kier molecular flexibility index (Phi) is 6.94. The van der Waals surface area contributed by atoms with E-state index in [0.717, 1.165) is 19.6 Å². The van der Waals surface area contributed by atoms with Crippen molar-refractivity contribution in [1.29, 1.82) is 0 Å². The van der Waals surface area contributed by atoms with E-state index in [1.54, 1.807) is 18.2 Å². The first-order valence-electron chi connectivity index (χ1n) is 8.62. The highest BCUT2D eigenvalue weighted by molar-refractivity contribution is 6.01. The number of likely N-dealkylation sites (N-methyl/N-ethyl adjacent to an activating group) is 1. The van der Waals surface area contributed by atoms with Gasteiger partial charge in [-0.15, -0.1) is 0 Å². The summed E-state index contributed by atoms with van der Waals surface area (Å²) in [6.07, 6.45) is 0.279. The van der Waals surface area contributed by atoms with Gasteiger partial charge in [0, 0.05) is 31.5 Å². The number of ketones is 1. The first kappa shape index (κ1) is 18.9. The maximum Gasteiger partial charge on any atom is 0.262 e. The third kappa shape index (κ3) is 5.56. The monoisotopic (exact) mass is 347 g/mol. The van der Waals surface area contributed by atoms with Gasteiger partial charge in [0.25, 0.3) is 5.91 Å². The summed E-state index contributed by atoms with van der Waals surface area (Å²) in [6, 6.07) is 4.90. The van der Waals surface area contributed by atoms with Crippen LogP contribution < -0.4 is 15.4 Å². The van der Waals surface area contributed by atoms with Crippen LogP contribution in [0.3, 0.4) is 0 Å². The van der Waals surface area contributed by atoms with Gasteiger partial charge in [-0.25, -0.2) is 0 Å². The Bertz CT molecular complexity index is 641. The highest BCUT2D eigenvalue weighted by Gasteiger charge is 2.18. The van der Waals surface area contributed by atoms with Gasteiger partial charge in [-0.2, -0.15) is 0 Å². The van der Waals surface area contributed by atoms with Gasteiger partial charge in [0.15, 0.2) is 12.4 Å². The van der Waals surface area contributed by atoms with Gasteiger partial charge in [-0.3, -0.25) is 14.4 Å². The van der Waals surface area contributed by atoms with Gasteiger partial charge >= 0.3 is 0 Å². The minimum Gasteiger partial charge on any atom is -0.482 e. The lowest BCUT2D eigenvalue weighted by Gasteiger charge is -2.18. The third-order valence-electron chi connectivity index (χ3n) is 4.16. The molecule has 0 fully saturated rings. The zero-order valence-electron chi connectivity index (χ0n) is 14.8. The molecule has 7 nitrogen and oxygen atoms in total. The molecule has 136 valence electrons. The van der Waals surface area contributed by atoms with Crippen molar-refractivity contribution in [2.75, 3.05) is 38.1 Å². The summed E-state index contributed by atoms with van der Waals surface area (Å²) in [7, 11) is 0. The highest BCUT2D eigenvalue weighted by atomic mass is 16.5. The standard InChI is InChI=1S/C18H25N3O4/c1-3-21(4-2)10-9-19-17(23)8-6-15(22)13-5-7-16-14(11-13)20-18(24)12-25-16/h5,7,11H,3-4,6,8-10,12H2,1-2H3,(H,19,23)(H,20,24). The van der Waals surface area contributed by atoms with Crippen LogP contribution in [-0.4, -0.2) is 55.3 Å². The van der Waals surface area contributed by atoms with Crippen molar-refractivity contribution < 1.29 is 19.1 Å². The number of ether oxygens (including phenoxy) is 1. The molecule has 2 amide bonds. The number of hydrogen-bond acceptors (Lipinski definition) is 5. The summed E-state index contributed by atoms with van der Waals surface area (Å²) in [5.41, 5.74) is 0.950. The van der Waals surface area contributed by atoms with Crippen molar-refractivity contribution in [1.82, 2.24) is 10.2 Å². The number of carbonyl (C=O) groups excluding carboxylic acids is 3. The fraction of sp³-hybridized carbons (Fsp3) is 0.500. The molecular formula is C18H25N3O4. The number of fused-ring (bicyclic) bond motifs is 1. The Hall–Kier alpha value is -2.41. The van der Waals surface area contributed by atoms with E-state index in [0.29, 0.717) is 23.5 Å². The average molecular weight is 347 g/mol. The number of rotatable bonds is 9. The summed E-state index contributed by atoms with van der Waals surface area (Å²) in [5, 5.41) is 5.50. The highest BCUT2D eigenvalue weighted by Crippen LogP contribution is 2.28. The van der Waals surface area contributed by atoms with E-state index in [-0.39, 0.29) is 37.0 Å². The molecular weight excluding hydrogens is 322 g/mol. The van der Waals surface area contributed by atoms with Crippen LogP contribution in [0.4, 0.5) is 5.69 Å². The fourth-order valence-electron chi connectivity index (χ4n) is 2.61. The first-order valence-corrected chi connectivity index (χ1v) is 8.62. The molecule has 0 bridgehead atoms. The van der Waals surface area contributed by atoms with Gasteiger partial charge in [0.2, 0.25) is 5.91 Å². The summed E-state index contributed by atoms with van der Waals surface area (Å²) in [5.74, 6) is 0.0339. The lowest BCUT2D eigenvalue weighted by molar-refractivity contribution is -0.121. The molecule has 2 N–H and O–H groups in total. The topological polar surface area (TPSA) is 87.7 Å². The summed E-state index contributed by atoms with van der Waals surface area (Å²) < 4.78 is 5.26. The predicted octanol–water partition coefficient (Wildman–Crippen LogP) is 1.44. The molecule has 0 saturated carbocycles. The molecule has 0 saturated heterocycles. The van der Waals surface area contributed by atoms with Crippen LogP contribution in [0.25, 0.3) is 0 Å². The van der Waals surface area contributed by atoms with E-state index in [4.69, 9.17) is 4.74 Å². The number of Topliss-reactive ketones (excluding diaryl/α,β-unsaturated/α-hetero) is 1. The second-order valence-corrected chi connectivity index (χ2v) is 5.85. The molecule has 0 radical (unpaired) electrons. The van der Waals surface area contributed by atoms with Crippen molar-refractivity contribution in [3.8, 4) is 5.75 Å². The number of carbonyl (C=O) groups is 3. The zero-order valence-corrected chi connectivity index (χ0v) is 14.8. The maximum atomic E-state index is 12.2. The van der Waals surface area contributed by atoms with Crippen LogP contribution >= 0.6 is 0 Å². The van der Waals surface area contributed by atoms with Gasteiger partial charge in [0.1, 0.15) is 5.75 Å². The molecule has 1 heterocycles. The summed E-state index contributed by atoms with van der Waals surface area (Å²) >= 11 is 0. The lowest BCUT2D eigenvalue weighted by Crippen LogP contribution is -2.34. The number of benzene rings is 1. The number of anilines is 1. The molecule has 1 aliphatic heterocycles. The predicted molar refractivity (Wildman–Crippen MR) is 94.9 cm³/mol. The minimum absolute atomic E-state index is 0.0199.